The lowest BCUT2D eigenvalue weighted by Crippen LogP contribution is -2.71. The molecule has 1 aliphatic rings. The second-order valence-corrected chi connectivity index (χ2v) is 6.81. The van der Waals surface area contributed by atoms with Crippen LogP contribution in [0, 0.1) is 0 Å². The van der Waals surface area contributed by atoms with Crippen LogP contribution in [-0.2, 0) is 22.4 Å². The Morgan fingerprint density at radius 2 is 1.82 bits per heavy atom. The highest BCUT2D eigenvalue weighted by Crippen LogP contribution is 2.35. The third-order valence-corrected chi connectivity index (χ3v) is 4.81. The van der Waals surface area contributed by atoms with Crippen molar-refractivity contribution in [1.82, 2.24) is 0 Å². The molecule has 1 amide bonds. The first-order valence-electron chi connectivity index (χ1n) is 7.50. The number of fused-ring (bicyclic) bond motifs is 1. The Balaban J connectivity index is 2.62. The molecule has 2 atom stereocenters. The number of nitrogens with zero attached hydrogens (tertiary/aromatic N) is 1. The van der Waals surface area contributed by atoms with E-state index in [0.29, 0.717) is 19.4 Å². The zero-order chi connectivity index (χ0) is 16.5. The van der Waals surface area contributed by atoms with Gasteiger partial charge >= 0.3 is 12.1 Å². The molecule has 2 unspecified atom stereocenters. The highest BCUT2D eigenvalue weighted by atomic mass is 16.5. The summed E-state index contributed by atoms with van der Waals surface area (Å²) >= 11 is 0. The summed E-state index contributed by atoms with van der Waals surface area (Å²) in [5.41, 5.74) is 1.53. The smallest absolute Gasteiger partial charge is 0.465 e. The zero-order valence-corrected chi connectivity index (χ0v) is 13.6. The van der Waals surface area contributed by atoms with Gasteiger partial charge in [-0.2, -0.15) is 4.79 Å². The molecule has 0 radical (unpaired) electrons. The second kappa shape index (κ2) is 5.72. The van der Waals surface area contributed by atoms with Gasteiger partial charge in [-0.3, -0.25) is 0 Å². The van der Waals surface area contributed by atoms with Crippen molar-refractivity contribution < 1.29 is 23.9 Å². The summed E-state index contributed by atoms with van der Waals surface area (Å²) in [5.74, 6) is -0.464. The van der Waals surface area contributed by atoms with Crippen molar-refractivity contribution in [3.8, 4) is 0 Å². The van der Waals surface area contributed by atoms with Gasteiger partial charge in [-0.1, -0.05) is 24.3 Å². The van der Waals surface area contributed by atoms with Crippen LogP contribution in [0.25, 0.3) is 0 Å². The number of amides is 1. The van der Waals surface area contributed by atoms with Crippen LogP contribution < -0.4 is 0 Å². The summed E-state index contributed by atoms with van der Waals surface area (Å²) < 4.78 is 4.63. The van der Waals surface area contributed by atoms with Crippen LogP contribution in [0.5, 0.6) is 0 Å². The molecular formula is C17H24NO4+. The topological polar surface area (TPSA) is 63.6 Å². The van der Waals surface area contributed by atoms with Crippen LogP contribution >= 0.6 is 0 Å². The van der Waals surface area contributed by atoms with Gasteiger partial charge in [-0.15, -0.1) is 0 Å². The van der Waals surface area contributed by atoms with Gasteiger partial charge in [0.2, 0.25) is 6.04 Å². The molecule has 0 aliphatic carbocycles. The van der Waals surface area contributed by atoms with E-state index in [1.165, 1.54) is 7.11 Å². The van der Waals surface area contributed by atoms with E-state index in [4.69, 9.17) is 4.74 Å². The number of rotatable bonds is 1. The molecule has 5 nitrogen and oxygen atoms in total. The monoisotopic (exact) mass is 306 g/mol. The summed E-state index contributed by atoms with van der Waals surface area (Å²) in [6.45, 7) is 5.97. The van der Waals surface area contributed by atoms with Gasteiger partial charge in [-0.05, 0) is 31.9 Å². The van der Waals surface area contributed by atoms with E-state index in [-0.39, 0.29) is 4.48 Å². The fourth-order valence-electron chi connectivity index (χ4n) is 3.54. The largest absolute Gasteiger partial charge is 0.514 e. The molecule has 0 aromatic heterocycles. The van der Waals surface area contributed by atoms with E-state index < -0.39 is 23.6 Å². The third kappa shape index (κ3) is 2.50. The van der Waals surface area contributed by atoms with E-state index in [1.807, 2.05) is 45.0 Å². The van der Waals surface area contributed by atoms with Crippen LogP contribution in [0.4, 0.5) is 4.79 Å². The lowest BCUT2D eigenvalue weighted by molar-refractivity contribution is -0.917. The van der Waals surface area contributed by atoms with Crippen LogP contribution in [0.1, 0.15) is 31.9 Å². The Bertz CT molecular complexity index is 591. The average molecular weight is 306 g/mol. The third-order valence-electron chi connectivity index (χ3n) is 4.81. The highest BCUT2D eigenvalue weighted by molar-refractivity contribution is 5.77. The number of carbonyl (C=O) groups excluding carboxylic acids is 1. The van der Waals surface area contributed by atoms with Crippen molar-refractivity contribution in [2.75, 3.05) is 13.7 Å². The molecular weight excluding hydrogens is 282 g/mol. The summed E-state index contributed by atoms with van der Waals surface area (Å²) in [5, 5.41) is 10.0. The average Bonchev–Trinajstić information content (AvgIpc) is 2.63. The number of benzene rings is 1. The van der Waals surface area contributed by atoms with Gasteiger partial charge in [-0.25, -0.2) is 9.28 Å². The predicted molar refractivity (Wildman–Crippen MR) is 82.6 cm³/mol. The summed E-state index contributed by atoms with van der Waals surface area (Å²) in [6, 6.07) is 7.10. The minimum Gasteiger partial charge on any atom is -0.465 e. The molecule has 1 heterocycles. The molecule has 0 spiro atoms. The minimum atomic E-state index is -0.976. The molecule has 0 bridgehead atoms. The van der Waals surface area contributed by atoms with E-state index in [1.54, 1.807) is 0 Å². The van der Waals surface area contributed by atoms with Gasteiger partial charge in [0, 0.05) is 12.8 Å². The Kier molecular flexibility index (Phi) is 4.29. The van der Waals surface area contributed by atoms with Gasteiger partial charge in [0.15, 0.2) is 0 Å². The minimum absolute atomic E-state index is 0.311. The Morgan fingerprint density at radius 1 is 1.23 bits per heavy atom. The number of ether oxygens (including phenoxy) is 1. The summed E-state index contributed by atoms with van der Waals surface area (Å²) in [7, 11) is 1.32. The SMILES string of the molecule is COC(=O)C1Cc2ccccc2CC[N+]1(C(=O)O)C(C)(C)C. The zero-order valence-electron chi connectivity index (χ0n) is 13.6. The van der Waals surface area contributed by atoms with Gasteiger partial charge in [0.05, 0.1) is 13.7 Å². The highest BCUT2D eigenvalue weighted by Gasteiger charge is 2.57. The Morgan fingerprint density at radius 3 is 2.32 bits per heavy atom. The molecule has 1 aromatic rings. The lowest BCUT2D eigenvalue weighted by atomic mass is 9.95. The quantitative estimate of drug-likeness (QED) is 0.640. The van der Waals surface area contributed by atoms with Gasteiger partial charge < -0.3 is 9.84 Å². The van der Waals surface area contributed by atoms with E-state index in [9.17, 15) is 14.7 Å². The maximum Gasteiger partial charge on any atom is 0.514 e. The van der Waals surface area contributed by atoms with Crippen molar-refractivity contribution in [2.45, 2.75) is 45.2 Å². The van der Waals surface area contributed by atoms with Crippen LogP contribution in [-0.4, -0.2) is 46.9 Å². The van der Waals surface area contributed by atoms with Crippen molar-refractivity contribution in [3.05, 3.63) is 35.4 Å². The number of quaternary nitrogens is 1. The Labute approximate surface area is 131 Å². The molecule has 22 heavy (non-hydrogen) atoms. The summed E-state index contributed by atoms with van der Waals surface area (Å²) in [6.07, 6.45) is 0.0373. The van der Waals surface area contributed by atoms with E-state index in [0.717, 1.165) is 11.1 Å². The molecule has 5 heteroatoms. The molecule has 1 aliphatic heterocycles. The first-order chi connectivity index (χ1) is 10.2. The lowest BCUT2D eigenvalue weighted by Gasteiger charge is -2.46. The number of methoxy groups -OCH3 is 1. The van der Waals surface area contributed by atoms with Crippen molar-refractivity contribution >= 4 is 12.1 Å². The number of esters is 1. The summed E-state index contributed by atoms with van der Waals surface area (Å²) in [4.78, 5) is 24.6. The molecule has 0 fully saturated rings. The number of carboxylic acid groups (broad SMARTS) is 1. The van der Waals surface area contributed by atoms with Gasteiger partial charge in [0.1, 0.15) is 5.54 Å². The van der Waals surface area contributed by atoms with E-state index >= 15 is 0 Å². The second-order valence-electron chi connectivity index (χ2n) is 6.81. The standard InChI is InChI=1S/C17H23NO4/c1-17(2,3)18(16(20)21)10-9-12-7-5-6-8-13(12)11-14(18)15(19)22-4/h5-8,14H,9-11H2,1-4H3/p+1. The first kappa shape index (κ1) is 16.5. The van der Waals surface area contributed by atoms with Crippen molar-refractivity contribution in [2.24, 2.45) is 0 Å². The maximum absolute atomic E-state index is 12.4. The van der Waals surface area contributed by atoms with Crippen LogP contribution in [0.2, 0.25) is 0 Å². The van der Waals surface area contributed by atoms with Crippen LogP contribution in [0.15, 0.2) is 24.3 Å². The van der Waals surface area contributed by atoms with Crippen molar-refractivity contribution in [3.63, 3.8) is 0 Å². The normalized spacial score (nSPS) is 25.0. The fraction of sp³-hybridized carbons (Fsp3) is 0.529. The molecule has 1 aromatic carbocycles. The van der Waals surface area contributed by atoms with Gasteiger partial charge in [0.25, 0.3) is 0 Å². The van der Waals surface area contributed by atoms with Crippen LogP contribution in [0.3, 0.4) is 0 Å². The Hall–Kier alpha value is -1.88. The molecule has 0 saturated heterocycles. The number of hydrogen-bond donors (Lipinski definition) is 1. The molecule has 0 saturated carbocycles. The van der Waals surface area contributed by atoms with E-state index in [2.05, 4.69) is 0 Å². The molecule has 120 valence electrons. The maximum atomic E-state index is 12.4. The molecule has 2 rings (SSSR count). The number of carbonyl (C=O) groups is 2. The van der Waals surface area contributed by atoms with Crippen molar-refractivity contribution in [1.29, 1.82) is 0 Å². The first-order valence-corrected chi connectivity index (χ1v) is 7.50. The predicted octanol–water partition coefficient (Wildman–Crippen LogP) is 2.62. The fourth-order valence-corrected chi connectivity index (χ4v) is 3.54. The molecule has 1 N–H and O–H groups in total. The number of hydrogen-bond acceptors (Lipinski definition) is 3.